The lowest BCUT2D eigenvalue weighted by Crippen LogP contribution is -2.25. The van der Waals surface area contributed by atoms with Crippen molar-refractivity contribution in [3.8, 4) is 0 Å². The average Bonchev–Trinajstić information content (AvgIpc) is 2.47. The summed E-state index contributed by atoms with van der Waals surface area (Å²) in [5.41, 5.74) is 9.40. The van der Waals surface area contributed by atoms with Crippen LogP contribution in [0.2, 0.25) is 0 Å². The van der Waals surface area contributed by atoms with E-state index in [1.807, 2.05) is 37.3 Å². The molecule has 104 valence electrons. The third-order valence-corrected chi connectivity index (χ3v) is 3.26. The number of pyridine rings is 1. The fourth-order valence-corrected chi connectivity index (χ4v) is 2.07. The molecule has 1 aromatic carbocycles. The molecule has 1 aromatic heterocycles. The molecule has 20 heavy (non-hydrogen) atoms. The van der Waals surface area contributed by atoms with Crippen molar-refractivity contribution in [2.45, 2.75) is 19.9 Å². The van der Waals surface area contributed by atoms with E-state index < -0.39 is 0 Å². The summed E-state index contributed by atoms with van der Waals surface area (Å²) in [4.78, 5) is 16.3. The number of aryl methyl sites for hydroxylation is 1. The Labute approximate surface area is 119 Å². The van der Waals surface area contributed by atoms with Gasteiger partial charge in [-0.3, -0.25) is 9.78 Å². The van der Waals surface area contributed by atoms with E-state index in [0.717, 1.165) is 16.7 Å². The lowest BCUT2D eigenvalue weighted by atomic mass is 10.0. The van der Waals surface area contributed by atoms with Crippen molar-refractivity contribution in [3.63, 3.8) is 0 Å². The number of hydrogen-bond donors (Lipinski definition) is 2. The average molecular weight is 269 g/mol. The summed E-state index contributed by atoms with van der Waals surface area (Å²) < 4.78 is 0. The SMILES string of the molecule is Cc1ccncc1CNC(=O)c1ccccc1CCN. The maximum Gasteiger partial charge on any atom is 0.251 e. The zero-order valence-electron chi connectivity index (χ0n) is 11.6. The molecule has 2 rings (SSSR count). The van der Waals surface area contributed by atoms with Crippen molar-refractivity contribution in [3.05, 3.63) is 65.0 Å². The molecule has 2 aromatic rings. The summed E-state index contributed by atoms with van der Waals surface area (Å²) in [5.74, 6) is -0.0719. The van der Waals surface area contributed by atoms with Crippen LogP contribution in [0.15, 0.2) is 42.7 Å². The Kier molecular flexibility index (Phi) is 4.85. The molecule has 1 amide bonds. The molecule has 0 aliphatic heterocycles. The third-order valence-electron chi connectivity index (χ3n) is 3.26. The van der Waals surface area contributed by atoms with E-state index >= 15 is 0 Å². The second-order valence-corrected chi connectivity index (χ2v) is 4.68. The topological polar surface area (TPSA) is 68.0 Å². The van der Waals surface area contributed by atoms with Crippen LogP contribution in [0, 0.1) is 6.92 Å². The molecule has 0 aliphatic carbocycles. The summed E-state index contributed by atoms with van der Waals surface area (Å²) in [7, 11) is 0. The van der Waals surface area contributed by atoms with Crippen LogP contribution in [0.5, 0.6) is 0 Å². The first-order chi connectivity index (χ1) is 9.72. The van der Waals surface area contributed by atoms with Crippen LogP contribution in [0.1, 0.15) is 27.0 Å². The minimum Gasteiger partial charge on any atom is -0.348 e. The number of benzene rings is 1. The number of hydrogen-bond acceptors (Lipinski definition) is 3. The minimum atomic E-state index is -0.0719. The number of amides is 1. The van der Waals surface area contributed by atoms with Crippen LogP contribution in [-0.2, 0) is 13.0 Å². The molecule has 0 saturated heterocycles. The van der Waals surface area contributed by atoms with Gasteiger partial charge in [0.1, 0.15) is 0 Å². The maximum atomic E-state index is 12.3. The van der Waals surface area contributed by atoms with Crippen molar-refractivity contribution >= 4 is 5.91 Å². The van der Waals surface area contributed by atoms with E-state index in [-0.39, 0.29) is 5.91 Å². The van der Waals surface area contributed by atoms with E-state index in [1.54, 1.807) is 12.4 Å². The third kappa shape index (κ3) is 3.42. The van der Waals surface area contributed by atoms with E-state index in [2.05, 4.69) is 10.3 Å². The van der Waals surface area contributed by atoms with Gasteiger partial charge in [0.2, 0.25) is 0 Å². The van der Waals surface area contributed by atoms with Gasteiger partial charge in [-0.15, -0.1) is 0 Å². The summed E-state index contributed by atoms with van der Waals surface area (Å²) in [6.07, 6.45) is 4.23. The first-order valence-electron chi connectivity index (χ1n) is 6.68. The Balaban J connectivity index is 2.07. The highest BCUT2D eigenvalue weighted by molar-refractivity contribution is 5.95. The van der Waals surface area contributed by atoms with Crippen molar-refractivity contribution < 1.29 is 4.79 Å². The molecule has 3 N–H and O–H groups in total. The van der Waals surface area contributed by atoms with E-state index in [4.69, 9.17) is 5.73 Å². The molecule has 0 spiro atoms. The number of aromatic nitrogens is 1. The van der Waals surface area contributed by atoms with Gasteiger partial charge in [0, 0.05) is 24.5 Å². The predicted octanol–water partition coefficient (Wildman–Crippen LogP) is 1.82. The minimum absolute atomic E-state index is 0.0719. The Hall–Kier alpha value is -2.20. The van der Waals surface area contributed by atoms with E-state index in [0.29, 0.717) is 25.1 Å². The van der Waals surface area contributed by atoms with Crippen LogP contribution in [-0.4, -0.2) is 17.4 Å². The fourth-order valence-electron chi connectivity index (χ4n) is 2.07. The number of carbonyl (C=O) groups excluding carboxylic acids is 1. The van der Waals surface area contributed by atoms with Gasteiger partial charge in [0.05, 0.1) is 0 Å². The molecule has 4 nitrogen and oxygen atoms in total. The Morgan fingerprint density at radius 1 is 1.25 bits per heavy atom. The maximum absolute atomic E-state index is 12.3. The first kappa shape index (κ1) is 14.2. The van der Waals surface area contributed by atoms with Crippen molar-refractivity contribution in [1.29, 1.82) is 0 Å². The summed E-state index contributed by atoms with van der Waals surface area (Å²) in [6, 6.07) is 9.49. The molecule has 0 fully saturated rings. The van der Waals surface area contributed by atoms with Crippen LogP contribution < -0.4 is 11.1 Å². The monoisotopic (exact) mass is 269 g/mol. The fraction of sp³-hybridized carbons (Fsp3) is 0.250. The largest absolute Gasteiger partial charge is 0.348 e. The van der Waals surface area contributed by atoms with Crippen molar-refractivity contribution in [1.82, 2.24) is 10.3 Å². The van der Waals surface area contributed by atoms with Crippen molar-refractivity contribution in [2.75, 3.05) is 6.54 Å². The number of nitrogens with one attached hydrogen (secondary N) is 1. The molecular weight excluding hydrogens is 250 g/mol. The lowest BCUT2D eigenvalue weighted by molar-refractivity contribution is 0.0950. The molecule has 0 saturated carbocycles. The number of carbonyl (C=O) groups is 1. The van der Waals surface area contributed by atoms with Crippen LogP contribution in [0.3, 0.4) is 0 Å². The molecule has 0 atom stereocenters. The van der Waals surface area contributed by atoms with Gasteiger partial charge in [-0.1, -0.05) is 18.2 Å². The first-order valence-corrected chi connectivity index (χ1v) is 6.68. The van der Waals surface area contributed by atoms with Gasteiger partial charge >= 0.3 is 0 Å². The standard InChI is InChI=1S/C16H19N3O/c1-12-7-9-18-10-14(12)11-19-16(20)15-5-3-2-4-13(15)6-8-17/h2-5,7,9-10H,6,8,11,17H2,1H3,(H,19,20). The summed E-state index contributed by atoms with van der Waals surface area (Å²) in [5, 5.41) is 2.94. The number of nitrogens with two attached hydrogens (primary N) is 1. The zero-order valence-corrected chi connectivity index (χ0v) is 11.6. The molecule has 0 aliphatic rings. The normalized spacial score (nSPS) is 10.3. The van der Waals surface area contributed by atoms with Gasteiger partial charge in [-0.25, -0.2) is 0 Å². The van der Waals surface area contributed by atoms with Gasteiger partial charge in [0.15, 0.2) is 0 Å². The number of rotatable bonds is 5. The highest BCUT2D eigenvalue weighted by Crippen LogP contribution is 2.10. The van der Waals surface area contributed by atoms with E-state index in [9.17, 15) is 4.79 Å². The quantitative estimate of drug-likeness (QED) is 0.870. The second-order valence-electron chi connectivity index (χ2n) is 4.68. The van der Waals surface area contributed by atoms with E-state index in [1.165, 1.54) is 0 Å². The predicted molar refractivity (Wildman–Crippen MR) is 79.3 cm³/mol. The van der Waals surface area contributed by atoms with Gasteiger partial charge in [-0.2, -0.15) is 0 Å². The van der Waals surface area contributed by atoms with Crippen molar-refractivity contribution in [2.24, 2.45) is 5.73 Å². The molecular formula is C16H19N3O. The molecule has 4 heteroatoms. The van der Waals surface area contributed by atoms with Crippen LogP contribution in [0.4, 0.5) is 0 Å². The Bertz CT molecular complexity index is 596. The highest BCUT2D eigenvalue weighted by atomic mass is 16.1. The molecule has 0 radical (unpaired) electrons. The molecule has 0 unspecified atom stereocenters. The molecule has 0 bridgehead atoms. The summed E-state index contributed by atoms with van der Waals surface area (Å²) >= 11 is 0. The van der Waals surface area contributed by atoms with Gasteiger partial charge < -0.3 is 11.1 Å². The smallest absolute Gasteiger partial charge is 0.251 e. The highest BCUT2D eigenvalue weighted by Gasteiger charge is 2.10. The van der Waals surface area contributed by atoms with Crippen LogP contribution in [0.25, 0.3) is 0 Å². The second kappa shape index (κ2) is 6.82. The Morgan fingerprint density at radius 2 is 2.05 bits per heavy atom. The molecule has 1 heterocycles. The van der Waals surface area contributed by atoms with Gasteiger partial charge in [-0.05, 0) is 48.7 Å². The van der Waals surface area contributed by atoms with Gasteiger partial charge in [0.25, 0.3) is 5.91 Å². The number of nitrogens with zero attached hydrogens (tertiary/aromatic N) is 1. The zero-order chi connectivity index (χ0) is 14.4. The van der Waals surface area contributed by atoms with Crippen LogP contribution >= 0.6 is 0 Å². The Morgan fingerprint density at radius 3 is 2.80 bits per heavy atom. The lowest BCUT2D eigenvalue weighted by Gasteiger charge is -2.10. The summed E-state index contributed by atoms with van der Waals surface area (Å²) in [6.45, 7) is 3.02.